The molecule has 106 valence electrons. The Kier molecular flexibility index (Phi) is 5.08. The Bertz CT molecular complexity index is 245. The minimum Gasteiger partial charge on any atom is -0.311 e. The summed E-state index contributed by atoms with van der Waals surface area (Å²) in [6, 6.07) is 2.35. The minimum absolute atomic E-state index is 0.700. The highest BCUT2D eigenvalue weighted by Gasteiger charge is 2.36. The van der Waals surface area contributed by atoms with Crippen molar-refractivity contribution >= 4 is 0 Å². The van der Waals surface area contributed by atoms with E-state index in [0.29, 0.717) is 6.04 Å². The van der Waals surface area contributed by atoms with E-state index in [0.717, 1.165) is 23.9 Å². The molecule has 1 aliphatic heterocycles. The summed E-state index contributed by atoms with van der Waals surface area (Å²) in [5.41, 5.74) is 0. The molecule has 0 bridgehead atoms. The Morgan fingerprint density at radius 3 is 2.39 bits per heavy atom. The first-order chi connectivity index (χ1) is 8.63. The normalized spacial score (nSPS) is 33.2. The molecule has 0 aromatic heterocycles. The number of rotatable bonds is 4. The van der Waals surface area contributed by atoms with E-state index in [1.54, 1.807) is 0 Å². The zero-order chi connectivity index (χ0) is 13.1. The van der Waals surface area contributed by atoms with Crippen molar-refractivity contribution in [3.63, 3.8) is 0 Å². The number of hydrogen-bond acceptors (Lipinski definition) is 2. The van der Waals surface area contributed by atoms with Gasteiger partial charge in [0.25, 0.3) is 0 Å². The first-order valence-corrected chi connectivity index (χ1v) is 8.12. The van der Waals surface area contributed by atoms with Crippen LogP contribution in [0.3, 0.4) is 0 Å². The molecular weight excluding hydrogens is 220 g/mol. The van der Waals surface area contributed by atoms with Gasteiger partial charge in [0, 0.05) is 31.2 Å². The molecule has 1 aliphatic carbocycles. The lowest BCUT2D eigenvalue weighted by Gasteiger charge is -2.47. The lowest BCUT2D eigenvalue weighted by molar-refractivity contribution is 0.0424. The van der Waals surface area contributed by atoms with Gasteiger partial charge in [-0.2, -0.15) is 0 Å². The molecule has 0 radical (unpaired) electrons. The van der Waals surface area contributed by atoms with Gasteiger partial charge in [-0.05, 0) is 24.7 Å². The molecule has 3 unspecified atom stereocenters. The van der Waals surface area contributed by atoms with Crippen molar-refractivity contribution in [1.82, 2.24) is 10.2 Å². The lowest BCUT2D eigenvalue weighted by Crippen LogP contribution is -2.62. The molecule has 0 spiro atoms. The van der Waals surface area contributed by atoms with Gasteiger partial charge in [-0.15, -0.1) is 0 Å². The molecule has 2 heteroatoms. The Labute approximate surface area is 114 Å². The molecule has 1 saturated carbocycles. The summed E-state index contributed by atoms with van der Waals surface area (Å²) in [6.07, 6.45) is 7.10. The van der Waals surface area contributed by atoms with E-state index in [9.17, 15) is 0 Å². The van der Waals surface area contributed by atoms with E-state index in [-0.39, 0.29) is 0 Å². The molecule has 2 fully saturated rings. The van der Waals surface area contributed by atoms with E-state index in [4.69, 9.17) is 0 Å². The van der Waals surface area contributed by atoms with Crippen LogP contribution in [0, 0.1) is 11.8 Å². The number of piperazine rings is 1. The van der Waals surface area contributed by atoms with E-state index < -0.39 is 0 Å². The highest BCUT2D eigenvalue weighted by atomic mass is 15.3. The van der Waals surface area contributed by atoms with Gasteiger partial charge in [-0.3, -0.25) is 4.90 Å². The van der Waals surface area contributed by atoms with Crippen LogP contribution < -0.4 is 5.32 Å². The number of nitrogens with zero attached hydrogens (tertiary/aromatic N) is 1. The predicted octanol–water partition coefficient (Wildman–Crippen LogP) is 3.27. The smallest absolute Gasteiger partial charge is 0.0249 e. The maximum Gasteiger partial charge on any atom is 0.0249 e. The van der Waals surface area contributed by atoms with Gasteiger partial charge in [-0.25, -0.2) is 0 Å². The molecule has 0 amide bonds. The zero-order valence-corrected chi connectivity index (χ0v) is 12.8. The summed E-state index contributed by atoms with van der Waals surface area (Å²) >= 11 is 0. The molecule has 1 saturated heterocycles. The predicted molar refractivity (Wildman–Crippen MR) is 78.8 cm³/mol. The molecule has 2 nitrogen and oxygen atoms in total. The van der Waals surface area contributed by atoms with Gasteiger partial charge in [0.15, 0.2) is 0 Å². The van der Waals surface area contributed by atoms with Crippen molar-refractivity contribution in [1.29, 1.82) is 0 Å². The highest BCUT2D eigenvalue weighted by molar-refractivity contribution is 4.94. The van der Waals surface area contributed by atoms with E-state index in [1.807, 2.05) is 0 Å². The second-order valence-electron chi connectivity index (χ2n) is 6.85. The van der Waals surface area contributed by atoms with Crippen LogP contribution in [0.25, 0.3) is 0 Å². The summed E-state index contributed by atoms with van der Waals surface area (Å²) < 4.78 is 0. The third kappa shape index (κ3) is 3.08. The van der Waals surface area contributed by atoms with E-state index in [2.05, 4.69) is 37.9 Å². The lowest BCUT2D eigenvalue weighted by atomic mass is 9.90. The van der Waals surface area contributed by atoms with Crippen LogP contribution in [-0.4, -0.2) is 36.1 Å². The van der Waals surface area contributed by atoms with Crippen LogP contribution in [0.4, 0.5) is 0 Å². The molecule has 2 aliphatic rings. The average Bonchev–Trinajstić information content (AvgIpc) is 2.90. The zero-order valence-electron chi connectivity index (χ0n) is 12.8. The second-order valence-corrected chi connectivity index (χ2v) is 6.85. The monoisotopic (exact) mass is 252 g/mol. The van der Waals surface area contributed by atoms with Gasteiger partial charge >= 0.3 is 0 Å². The molecule has 0 aromatic carbocycles. The average molecular weight is 252 g/mol. The van der Waals surface area contributed by atoms with Crippen LogP contribution >= 0.6 is 0 Å². The topological polar surface area (TPSA) is 15.3 Å². The fourth-order valence-electron chi connectivity index (χ4n) is 3.72. The second kappa shape index (κ2) is 6.38. The molecule has 18 heavy (non-hydrogen) atoms. The molecule has 3 atom stereocenters. The van der Waals surface area contributed by atoms with Crippen molar-refractivity contribution in [2.45, 2.75) is 77.9 Å². The Balaban J connectivity index is 2.05. The van der Waals surface area contributed by atoms with Crippen molar-refractivity contribution in [2.24, 2.45) is 11.8 Å². The SMILES string of the molecule is CCC(C)C1CNC(C(C)C)CN1C1CCCC1. The van der Waals surface area contributed by atoms with E-state index in [1.165, 1.54) is 45.2 Å². The maximum atomic E-state index is 3.80. The minimum atomic E-state index is 0.700. The summed E-state index contributed by atoms with van der Waals surface area (Å²) in [6.45, 7) is 12.0. The first kappa shape index (κ1) is 14.3. The largest absolute Gasteiger partial charge is 0.311 e. The van der Waals surface area contributed by atoms with Gasteiger partial charge in [0.1, 0.15) is 0 Å². The molecule has 1 N–H and O–H groups in total. The molecule has 2 rings (SSSR count). The third-order valence-electron chi connectivity index (χ3n) is 5.32. The highest BCUT2D eigenvalue weighted by Crippen LogP contribution is 2.30. The molecule has 0 aromatic rings. The van der Waals surface area contributed by atoms with Crippen molar-refractivity contribution in [2.75, 3.05) is 13.1 Å². The summed E-state index contributed by atoms with van der Waals surface area (Å²) in [4.78, 5) is 2.88. The first-order valence-electron chi connectivity index (χ1n) is 8.12. The van der Waals surface area contributed by atoms with Gasteiger partial charge in [0.2, 0.25) is 0 Å². The van der Waals surface area contributed by atoms with Crippen molar-refractivity contribution in [3.05, 3.63) is 0 Å². The van der Waals surface area contributed by atoms with Crippen molar-refractivity contribution in [3.8, 4) is 0 Å². The fourth-order valence-corrected chi connectivity index (χ4v) is 3.72. The van der Waals surface area contributed by atoms with E-state index >= 15 is 0 Å². The quantitative estimate of drug-likeness (QED) is 0.826. The Morgan fingerprint density at radius 1 is 1.17 bits per heavy atom. The van der Waals surface area contributed by atoms with Crippen LogP contribution in [0.1, 0.15) is 59.8 Å². The van der Waals surface area contributed by atoms with Gasteiger partial charge < -0.3 is 5.32 Å². The van der Waals surface area contributed by atoms with Crippen LogP contribution in [0.5, 0.6) is 0 Å². The van der Waals surface area contributed by atoms with Crippen LogP contribution in [0.15, 0.2) is 0 Å². The molecular formula is C16H32N2. The fraction of sp³-hybridized carbons (Fsp3) is 1.00. The van der Waals surface area contributed by atoms with Gasteiger partial charge in [0.05, 0.1) is 0 Å². The number of nitrogens with one attached hydrogen (secondary N) is 1. The Hall–Kier alpha value is -0.0800. The standard InChI is InChI=1S/C16H32N2/c1-5-13(4)16-10-17-15(12(2)3)11-18(16)14-8-6-7-9-14/h12-17H,5-11H2,1-4H3. The third-order valence-corrected chi connectivity index (χ3v) is 5.32. The summed E-state index contributed by atoms with van der Waals surface area (Å²) in [5.74, 6) is 1.58. The Morgan fingerprint density at radius 2 is 1.83 bits per heavy atom. The molecule has 1 heterocycles. The van der Waals surface area contributed by atoms with Crippen molar-refractivity contribution < 1.29 is 0 Å². The summed E-state index contributed by atoms with van der Waals surface area (Å²) in [5, 5.41) is 3.80. The van der Waals surface area contributed by atoms with Gasteiger partial charge in [-0.1, -0.05) is 47.0 Å². The van der Waals surface area contributed by atoms with Crippen LogP contribution in [0.2, 0.25) is 0 Å². The van der Waals surface area contributed by atoms with Crippen LogP contribution in [-0.2, 0) is 0 Å². The maximum absolute atomic E-state index is 3.80. The summed E-state index contributed by atoms with van der Waals surface area (Å²) in [7, 11) is 0. The number of hydrogen-bond donors (Lipinski definition) is 1.